The molecule has 0 bridgehead atoms. The summed E-state index contributed by atoms with van der Waals surface area (Å²) in [6, 6.07) is 6.04. The van der Waals surface area contributed by atoms with Crippen molar-refractivity contribution >= 4 is 5.97 Å². The molecule has 0 aliphatic rings. The van der Waals surface area contributed by atoms with E-state index < -0.39 is 18.5 Å². The van der Waals surface area contributed by atoms with Crippen molar-refractivity contribution in [1.82, 2.24) is 0 Å². The SMILES string of the molecule is CC(O)OC(=O)c1ccc(OC(C)O)cc1. The monoisotopic (exact) mass is 226 g/mol. The molecule has 0 radical (unpaired) electrons. The summed E-state index contributed by atoms with van der Waals surface area (Å²) in [4.78, 5) is 11.3. The zero-order chi connectivity index (χ0) is 12.1. The molecular formula is C11H14O5. The first-order valence-electron chi connectivity index (χ1n) is 4.83. The molecule has 0 spiro atoms. The summed E-state index contributed by atoms with van der Waals surface area (Å²) < 4.78 is 9.57. The Labute approximate surface area is 93.2 Å². The normalized spacial score (nSPS) is 14.0. The molecule has 16 heavy (non-hydrogen) atoms. The van der Waals surface area contributed by atoms with Crippen LogP contribution in [0.25, 0.3) is 0 Å². The standard InChI is InChI=1S/C11H14O5/c1-7(12)15-10-5-3-9(4-6-10)11(14)16-8(2)13/h3-8,12-13H,1-2H3. The van der Waals surface area contributed by atoms with E-state index in [4.69, 9.17) is 14.9 Å². The van der Waals surface area contributed by atoms with Crippen molar-refractivity contribution in [1.29, 1.82) is 0 Å². The Hall–Kier alpha value is -1.59. The summed E-state index contributed by atoms with van der Waals surface area (Å²) in [5.41, 5.74) is 0.304. The molecular weight excluding hydrogens is 212 g/mol. The van der Waals surface area contributed by atoms with Crippen LogP contribution >= 0.6 is 0 Å². The van der Waals surface area contributed by atoms with Crippen LogP contribution in [0, 0.1) is 0 Å². The number of hydrogen-bond acceptors (Lipinski definition) is 5. The van der Waals surface area contributed by atoms with Crippen LogP contribution in [0.2, 0.25) is 0 Å². The number of esters is 1. The third kappa shape index (κ3) is 3.88. The highest BCUT2D eigenvalue weighted by atomic mass is 16.6. The van der Waals surface area contributed by atoms with Crippen LogP contribution in [0.1, 0.15) is 24.2 Å². The van der Waals surface area contributed by atoms with Gasteiger partial charge < -0.3 is 19.7 Å². The number of carbonyl (C=O) groups excluding carboxylic acids is 1. The molecule has 5 heteroatoms. The molecule has 0 saturated heterocycles. The molecule has 1 aromatic carbocycles. The molecule has 1 rings (SSSR count). The van der Waals surface area contributed by atoms with Gasteiger partial charge in [0.15, 0.2) is 12.6 Å². The lowest BCUT2D eigenvalue weighted by Gasteiger charge is -2.09. The molecule has 88 valence electrons. The van der Waals surface area contributed by atoms with Crippen LogP contribution < -0.4 is 4.74 Å². The molecule has 0 aromatic heterocycles. The Balaban J connectivity index is 2.67. The summed E-state index contributed by atoms with van der Waals surface area (Å²) in [5, 5.41) is 17.8. The van der Waals surface area contributed by atoms with E-state index in [1.807, 2.05) is 0 Å². The molecule has 0 fully saturated rings. The Morgan fingerprint density at radius 1 is 1.12 bits per heavy atom. The van der Waals surface area contributed by atoms with Crippen molar-refractivity contribution in [2.75, 3.05) is 0 Å². The topological polar surface area (TPSA) is 76.0 Å². The largest absolute Gasteiger partial charge is 0.465 e. The smallest absolute Gasteiger partial charge is 0.340 e. The number of benzene rings is 1. The fourth-order valence-electron chi connectivity index (χ4n) is 1.09. The molecule has 1 aromatic rings. The second-order valence-electron chi connectivity index (χ2n) is 3.25. The number of ether oxygens (including phenoxy) is 2. The van der Waals surface area contributed by atoms with Crippen molar-refractivity contribution in [2.24, 2.45) is 0 Å². The van der Waals surface area contributed by atoms with E-state index in [2.05, 4.69) is 4.74 Å². The Morgan fingerprint density at radius 2 is 1.69 bits per heavy atom. The zero-order valence-electron chi connectivity index (χ0n) is 9.08. The summed E-state index contributed by atoms with van der Waals surface area (Å²) in [6.07, 6.45) is -2.05. The van der Waals surface area contributed by atoms with Gasteiger partial charge in [-0.05, 0) is 38.1 Å². The second kappa shape index (κ2) is 5.48. The van der Waals surface area contributed by atoms with Gasteiger partial charge in [0, 0.05) is 0 Å². The molecule has 2 unspecified atom stereocenters. The second-order valence-corrected chi connectivity index (χ2v) is 3.25. The Bertz CT molecular complexity index is 342. The first-order chi connectivity index (χ1) is 7.49. The number of carbonyl (C=O) groups is 1. The minimum Gasteiger partial charge on any atom is -0.465 e. The molecule has 0 heterocycles. The minimum absolute atomic E-state index is 0.304. The van der Waals surface area contributed by atoms with E-state index in [0.717, 1.165) is 0 Å². The van der Waals surface area contributed by atoms with Gasteiger partial charge >= 0.3 is 5.97 Å². The maximum atomic E-state index is 11.3. The number of rotatable bonds is 4. The van der Waals surface area contributed by atoms with Crippen molar-refractivity contribution in [3.8, 4) is 5.75 Å². The third-order valence-electron chi connectivity index (χ3n) is 1.67. The van der Waals surface area contributed by atoms with Crippen molar-refractivity contribution in [2.45, 2.75) is 26.4 Å². The van der Waals surface area contributed by atoms with Gasteiger partial charge in [-0.2, -0.15) is 0 Å². The maximum absolute atomic E-state index is 11.3. The fraction of sp³-hybridized carbons (Fsp3) is 0.364. The highest BCUT2D eigenvalue weighted by molar-refractivity contribution is 5.89. The van der Waals surface area contributed by atoms with Crippen LogP contribution in [-0.2, 0) is 4.74 Å². The van der Waals surface area contributed by atoms with Gasteiger partial charge in [-0.1, -0.05) is 0 Å². The van der Waals surface area contributed by atoms with E-state index in [9.17, 15) is 4.79 Å². The van der Waals surface area contributed by atoms with E-state index in [0.29, 0.717) is 11.3 Å². The quantitative estimate of drug-likeness (QED) is 0.589. The van der Waals surface area contributed by atoms with Crippen molar-refractivity contribution in [3.63, 3.8) is 0 Å². The number of aliphatic hydroxyl groups excluding tert-OH is 2. The van der Waals surface area contributed by atoms with Gasteiger partial charge in [0.25, 0.3) is 0 Å². The molecule has 0 aliphatic carbocycles. The third-order valence-corrected chi connectivity index (χ3v) is 1.67. The summed E-state index contributed by atoms with van der Waals surface area (Å²) >= 11 is 0. The van der Waals surface area contributed by atoms with Gasteiger partial charge in [0.05, 0.1) is 5.56 Å². The summed E-state index contributed by atoms with van der Waals surface area (Å²) in [5.74, 6) is -0.165. The van der Waals surface area contributed by atoms with Crippen molar-refractivity contribution < 1.29 is 24.5 Å². The predicted octanol–water partition coefficient (Wildman–Crippen LogP) is 0.899. The van der Waals surface area contributed by atoms with Crippen LogP contribution in [0.5, 0.6) is 5.75 Å². The molecule has 2 atom stereocenters. The average Bonchev–Trinajstić information content (AvgIpc) is 2.16. The van der Waals surface area contributed by atoms with Gasteiger partial charge in [-0.25, -0.2) is 4.79 Å². The first kappa shape index (κ1) is 12.5. The summed E-state index contributed by atoms with van der Waals surface area (Å²) in [6.45, 7) is 2.83. The van der Waals surface area contributed by atoms with Crippen LogP contribution in [0.3, 0.4) is 0 Å². The lowest BCUT2D eigenvalue weighted by Crippen LogP contribution is -2.14. The molecule has 0 amide bonds. The molecule has 5 nitrogen and oxygen atoms in total. The Kier molecular flexibility index (Phi) is 4.28. The van der Waals surface area contributed by atoms with E-state index in [-0.39, 0.29) is 0 Å². The molecule has 0 aliphatic heterocycles. The zero-order valence-corrected chi connectivity index (χ0v) is 9.08. The minimum atomic E-state index is -1.14. The van der Waals surface area contributed by atoms with Crippen molar-refractivity contribution in [3.05, 3.63) is 29.8 Å². The Morgan fingerprint density at radius 3 is 2.12 bits per heavy atom. The van der Waals surface area contributed by atoms with Gasteiger partial charge in [0.2, 0.25) is 0 Å². The molecule has 0 saturated carbocycles. The highest BCUT2D eigenvalue weighted by Crippen LogP contribution is 2.14. The highest BCUT2D eigenvalue weighted by Gasteiger charge is 2.09. The average molecular weight is 226 g/mol. The van der Waals surface area contributed by atoms with Gasteiger partial charge in [-0.3, -0.25) is 0 Å². The van der Waals surface area contributed by atoms with E-state index in [1.165, 1.54) is 38.1 Å². The number of aliphatic hydroxyl groups is 2. The van der Waals surface area contributed by atoms with Crippen LogP contribution in [0.4, 0.5) is 0 Å². The van der Waals surface area contributed by atoms with E-state index in [1.54, 1.807) is 0 Å². The first-order valence-corrected chi connectivity index (χ1v) is 4.83. The predicted molar refractivity (Wildman–Crippen MR) is 55.8 cm³/mol. The molecule has 2 N–H and O–H groups in total. The number of hydrogen-bond donors (Lipinski definition) is 2. The maximum Gasteiger partial charge on any atom is 0.340 e. The lowest BCUT2D eigenvalue weighted by atomic mass is 10.2. The van der Waals surface area contributed by atoms with Gasteiger partial charge in [-0.15, -0.1) is 0 Å². The van der Waals surface area contributed by atoms with Crippen LogP contribution in [0.15, 0.2) is 24.3 Å². The van der Waals surface area contributed by atoms with Gasteiger partial charge in [0.1, 0.15) is 5.75 Å². The fourth-order valence-corrected chi connectivity index (χ4v) is 1.09. The lowest BCUT2D eigenvalue weighted by molar-refractivity contribution is -0.0523. The van der Waals surface area contributed by atoms with E-state index >= 15 is 0 Å². The summed E-state index contributed by atoms with van der Waals surface area (Å²) in [7, 11) is 0. The van der Waals surface area contributed by atoms with Crippen LogP contribution in [-0.4, -0.2) is 28.8 Å².